The molecule has 2 saturated heterocycles. The first-order chi connectivity index (χ1) is 11.2. The largest absolute Gasteiger partial charge is 0.594 e. The summed E-state index contributed by atoms with van der Waals surface area (Å²) in [6, 6.07) is 0. The second-order valence-corrected chi connectivity index (χ2v) is 5.21. The molecular weight excluding hydrogens is 330 g/mol. The molecule has 3 atom stereocenters. The molecule has 0 bridgehead atoms. The Morgan fingerprint density at radius 1 is 1.21 bits per heavy atom. The third-order valence-electron chi connectivity index (χ3n) is 4.23. The number of hydrazine groups is 1. The predicted octanol–water partition coefficient (Wildman–Crippen LogP) is -3.25. The number of nitrogens with zero attached hydrogens (tertiary/aromatic N) is 3. The lowest BCUT2D eigenvalue weighted by Crippen LogP contribution is -2.60. The number of rotatable bonds is 2. The molecule has 3 aliphatic heterocycles. The molecule has 128 valence electrons. The summed E-state index contributed by atoms with van der Waals surface area (Å²) in [5.41, 5.74) is -3.65. The van der Waals surface area contributed by atoms with Crippen LogP contribution in [0.5, 0.6) is 0 Å². The third kappa shape index (κ3) is 1.45. The number of hydrogen-bond donors (Lipinski definition) is 0. The summed E-state index contributed by atoms with van der Waals surface area (Å²) in [6.07, 6.45) is -1.55. The van der Waals surface area contributed by atoms with Crippen molar-refractivity contribution < 1.29 is 43.1 Å². The summed E-state index contributed by atoms with van der Waals surface area (Å²) in [4.78, 5) is 66.6. The van der Waals surface area contributed by atoms with Gasteiger partial charge < -0.3 is 14.7 Å². The van der Waals surface area contributed by atoms with Crippen LogP contribution in [0.4, 0.5) is 0 Å². The molecule has 0 N–H and O–H groups in total. The van der Waals surface area contributed by atoms with Crippen molar-refractivity contribution in [3.63, 3.8) is 0 Å². The molecule has 0 saturated carbocycles. The number of carbonyl (C=O) groups is 5. The normalized spacial score (nSPS) is 31.5. The Kier molecular flexibility index (Phi) is 3.13. The number of imide groups is 1. The van der Waals surface area contributed by atoms with Crippen LogP contribution in [0.25, 0.3) is 0 Å². The molecule has 0 spiro atoms. The maximum absolute atomic E-state index is 12.7. The van der Waals surface area contributed by atoms with E-state index >= 15 is 0 Å². The molecule has 0 aliphatic carbocycles. The molecule has 3 heterocycles. The van der Waals surface area contributed by atoms with E-state index in [9.17, 15) is 29.2 Å². The van der Waals surface area contributed by atoms with Crippen LogP contribution in [0.1, 0.15) is 0 Å². The number of carbonyl (C=O) groups excluding carboxylic acids is 5. The Morgan fingerprint density at radius 3 is 2.38 bits per heavy atom. The molecule has 0 aromatic carbocycles. The zero-order valence-electron chi connectivity index (χ0n) is 12.7. The molecule has 3 aliphatic rings. The van der Waals surface area contributed by atoms with Gasteiger partial charge in [-0.3, -0.25) is 19.3 Å². The number of fused-ring (bicyclic) bond motifs is 3. The minimum Gasteiger partial charge on any atom is -0.594 e. The molecule has 0 radical (unpaired) electrons. The van der Waals surface area contributed by atoms with E-state index in [-0.39, 0.29) is 10.0 Å². The zero-order valence-corrected chi connectivity index (χ0v) is 12.7. The second-order valence-electron chi connectivity index (χ2n) is 5.21. The monoisotopic (exact) mass is 341 g/mol. The predicted molar refractivity (Wildman–Crippen MR) is 68.4 cm³/mol. The number of likely N-dealkylation sites (tertiary alicyclic amines) is 1. The second kappa shape index (κ2) is 4.74. The fourth-order valence-electron chi connectivity index (χ4n) is 3.09. The summed E-state index contributed by atoms with van der Waals surface area (Å²) in [5, 5.41) is 12.5. The van der Waals surface area contributed by atoms with Crippen molar-refractivity contribution in [3.8, 4) is 0 Å². The molecule has 0 aromatic heterocycles. The maximum Gasteiger partial charge on any atom is 0.411 e. The highest BCUT2D eigenvalue weighted by Crippen LogP contribution is 2.46. The lowest BCUT2D eigenvalue weighted by Gasteiger charge is -2.25. The molecule has 12 heteroatoms. The third-order valence-corrected chi connectivity index (χ3v) is 4.23. The van der Waals surface area contributed by atoms with Gasteiger partial charge in [0.25, 0.3) is 11.7 Å². The van der Waals surface area contributed by atoms with Crippen LogP contribution < -0.4 is 0 Å². The fourth-order valence-corrected chi connectivity index (χ4v) is 3.09. The first kappa shape index (κ1) is 15.9. The van der Waals surface area contributed by atoms with Crippen LogP contribution in [0.3, 0.4) is 0 Å². The van der Waals surface area contributed by atoms with Crippen LogP contribution in [-0.4, -0.2) is 83.1 Å². The van der Waals surface area contributed by atoms with E-state index in [0.717, 1.165) is 21.3 Å². The maximum atomic E-state index is 12.7. The summed E-state index contributed by atoms with van der Waals surface area (Å²) in [7, 11) is 2.99. The average Bonchev–Trinajstić information content (AvgIpc) is 3.11. The quantitative estimate of drug-likeness (QED) is 0.165. The SMILES string of the molecule is COC(=O)C1=[N+]([O-])N2OC3C(=O)N(C)C(=O)C3C2(C(=O)OC)C1=O. The van der Waals surface area contributed by atoms with Crippen molar-refractivity contribution in [3.05, 3.63) is 5.21 Å². The Hall–Kier alpha value is -3.02. The molecule has 2 fully saturated rings. The highest BCUT2D eigenvalue weighted by Gasteiger charge is 2.82. The number of likely N-dealkylation sites (N-methyl/N-ethyl adjacent to an activating group) is 1. The van der Waals surface area contributed by atoms with E-state index < -0.39 is 52.8 Å². The minimum atomic E-state index is -2.60. The zero-order chi connectivity index (χ0) is 18.0. The number of ether oxygens (including phenoxy) is 2. The van der Waals surface area contributed by atoms with Gasteiger partial charge in [0.05, 0.1) is 14.2 Å². The standard InChI is InChI=1S/C12H11N3O9/c1-13-8(17)4-6(9(13)18)24-15-12(4,11(20)23-3)7(16)5(14(15)21)10(19)22-2/h4,6H,1-3H3. The van der Waals surface area contributed by atoms with Gasteiger partial charge in [-0.1, -0.05) is 0 Å². The number of amides is 2. The highest BCUT2D eigenvalue weighted by molar-refractivity contribution is 6.66. The molecule has 24 heavy (non-hydrogen) atoms. The van der Waals surface area contributed by atoms with Crippen LogP contribution in [0, 0.1) is 11.1 Å². The van der Waals surface area contributed by atoms with Gasteiger partial charge in [-0.15, -0.1) is 0 Å². The van der Waals surface area contributed by atoms with Crippen LogP contribution >= 0.6 is 0 Å². The van der Waals surface area contributed by atoms with Gasteiger partial charge in [0.1, 0.15) is 5.92 Å². The topological polar surface area (TPSA) is 146 Å². The number of hydroxylamine groups is 1. The van der Waals surface area contributed by atoms with E-state index in [1.165, 1.54) is 0 Å². The van der Waals surface area contributed by atoms with Crippen molar-refractivity contribution in [2.24, 2.45) is 5.92 Å². The molecule has 0 aromatic rings. The first-order valence-electron chi connectivity index (χ1n) is 6.59. The van der Waals surface area contributed by atoms with E-state index in [0.29, 0.717) is 4.90 Å². The molecule has 3 unspecified atom stereocenters. The Morgan fingerprint density at radius 2 is 1.83 bits per heavy atom. The number of ketones is 1. The van der Waals surface area contributed by atoms with Crippen LogP contribution in [0.15, 0.2) is 0 Å². The van der Waals surface area contributed by atoms with Crippen molar-refractivity contribution in [2.75, 3.05) is 21.3 Å². The van der Waals surface area contributed by atoms with Gasteiger partial charge in [0.15, 0.2) is 6.10 Å². The Balaban J connectivity index is 2.23. The summed E-state index contributed by atoms with van der Waals surface area (Å²) in [6.45, 7) is 0. The highest BCUT2D eigenvalue weighted by atomic mass is 16.8. The lowest BCUT2D eigenvalue weighted by atomic mass is 9.78. The smallest absolute Gasteiger partial charge is 0.411 e. The van der Waals surface area contributed by atoms with E-state index in [2.05, 4.69) is 9.47 Å². The number of methoxy groups -OCH3 is 2. The van der Waals surface area contributed by atoms with E-state index in [1.807, 2.05) is 0 Å². The first-order valence-corrected chi connectivity index (χ1v) is 6.59. The van der Waals surface area contributed by atoms with Crippen molar-refractivity contribution in [1.82, 2.24) is 10.1 Å². The van der Waals surface area contributed by atoms with Gasteiger partial charge >= 0.3 is 23.2 Å². The van der Waals surface area contributed by atoms with Crippen LogP contribution in [-0.2, 0) is 38.3 Å². The Bertz CT molecular complexity index is 744. The summed E-state index contributed by atoms with van der Waals surface area (Å²) >= 11 is 0. The number of esters is 2. The summed E-state index contributed by atoms with van der Waals surface area (Å²) < 4.78 is 8.90. The fraction of sp³-hybridized carbons (Fsp3) is 0.500. The van der Waals surface area contributed by atoms with Crippen molar-refractivity contribution in [2.45, 2.75) is 11.6 Å². The molecular formula is C12H11N3O9. The van der Waals surface area contributed by atoms with Crippen molar-refractivity contribution >= 4 is 35.2 Å². The average molecular weight is 341 g/mol. The van der Waals surface area contributed by atoms with E-state index in [1.54, 1.807) is 0 Å². The number of Topliss-reactive ketones (excluding diaryl/α,β-unsaturated/α-hetero) is 1. The van der Waals surface area contributed by atoms with Crippen molar-refractivity contribution in [1.29, 1.82) is 0 Å². The molecule has 12 nitrogen and oxygen atoms in total. The van der Waals surface area contributed by atoms with Gasteiger partial charge in [-0.05, 0) is 10.0 Å². The van der Waals surface area contributed by atoms with Gasteiger partial charge in [-0.2, -0.15) is 0 Å². The molecule has 2 amide bonds. The summed E-state index contributed by atoms with van der Waals surface area (Å²) in [5.74, 6) is -7.36. The van der Waals surface area contributed by atoms with Gasteiger partial charge in [0.2, 0.25) is 5.91 Å². The lowest BCUT2D eigenvalue weighted by molar-refractivity contribution is -0.714. The Labute approximate surface area is 133 Å². The minimum absolute atomic E-state index is 0.200. The van der Waals surface area contributed by atoms with Gasteiger partial charge in [0, 0.05) is 7.05 Å². The van der Waals surface area contributed by atoms with Crippen LogP contribution in [0.2, 0.25) is 0 Å². The number of hydrogen-bond acceptors (Lipinski definition) is 10. The molecule has 3 rings (SSSR count). The van der Waals surface area contributed by atoms with Gasteiger partial charge in [-0.25, -0.2) is 14.4 Å². The van der Waals surface area contributed by atoms with E-state index in [4.69, 9.17) is 4.84 Å². The number of hydrazone groups is 1.